The number of hydrogen-bond acceptors (Lipinski definition) is 5. The van der Waals surface area contributed by atoms with Crippen LogP contribution in [-0.4, -0.2) is 67.1 Å². The van der Waals surface area contributed by atoms with Crippen molar-refractivity contribution in [2.24, 2.45) is 0 Å². The van der Waals surface area contributed by atoms with Crippen molar-refractivity contribution in [3.63, 3.8) is 0 Å². The van der Waals surface area contributed by atoms with Gasteiger partial charge in [0.2, 0.25) is 0 Å². The van der Waals surface area contributed by atoms with Gasteiger partial charge in [0.05, 0.1) is 34.1 Å². The summed E-state index contributed by atoms with van der Waals surface area (Å²) in [5, 5.41) is 2.96. The second kappa shape index (κ2) is 10.9. The van der Waals surface area contributed by atoms with Gasteiger partial charge in [-0.25, -0.2) is 0 Å². The Bertz CT molecular complexity index is 882. The molecule has 0 aliphatic carbocycles. The lowest BCUT2D eigenvalue weighted by molar-refractivity contribution is -1.02. The fourth-order valence-corrected chi connectivity index (χ4v) is 3.91. The summed E-state index contributed by atoms with van der Waals surface area (Å²) in [6, 6.07) is 11.5. The summed E-state index contributed by atoms with van der Waals surface area (Å²) < 4.78 is 21.3. The molecule has 1 aliphatic heterocycles. The molecule has 1 aliphatic rings. The molecule has 1 fully saturated rings. The molecule has 1 heterocycles. The highest BCUT2D eigenvalue weighted by molar-refractivity contribution is 5.93. The quantitative estimate of drug-likeness (QED) is 0.506. The van der Waals surface area contributed by atoms with Crippen LogP contribution in [0.3, 0.4) is 0 Å². The Hall–Kier alpha value is -2.97. The topological polar surface area (TPSA) is 74.9 Å². The van der Waals surface area contributed by atoms with Crippen molar-refractivity contribution in [1.29, 1.82) is 0 Å². The zero-order chi connectivity index (χ0) is 22.2. The van der Waals surface area contributed by atoms with E-state index < -0.39 is 0 Å². The molecule has 0 bridgehead atoms. The minimum Gasteiger partial charge on any atom is -0.497 e. The average Bonchev–Trinajstić information content (AvgIpc) is 2.80. The van der Waals surface area contributed by atoms with E-state index in [0.717, 1.165) is 44.2 Å². The van der Waals surface area contributed by atoms with Gasteiger partial charge in [0.15, 0.2) is 18.0 Å². The highest BCUT2D eigenvalue weighted by Gasteiger charge is 2.25. The molecule has 0 atom stereocenters. The maximum absolute atomic E-state index is 12.6. The van der Waals surface area contributed by atoms with Crippen LogP contribution in [0.5, 0.6) is 23.0 Å². The number of anilines is 1. The lowest BCUT2D eigenvalue weighted by atomic mass is 10.1. The molecule has 31 heavy (non-hydrogen) atoms. The summed E-state index contributed by atoms with van der Waals surface area (Å²) in [4.78, 5) is 15.4. The van der Waals surface area contributed by atoms with Crippen LogP contribution in [0.2, 0.25) is 0 Å². The molecule has 2 aromatic carbocycles. The number of carbonyl (C=O) groups is 1. The maximum Gasteiger partial charge on any atom is 0.279 e. The Morgan fingerprint density at radius 1 is 0.806 bits per heavy atom. The van der Waals surface area contributed by atoms with Crippen molar-refractivity contribution in [3.05, 3.63) is 42.0 Å². The van der Waals surface area contributed by atoms with Crippen molar-refractivity contribution in [2.75, 3.05) is 66.5 Å². The highest BCUT2D eigenvalue weighted by atomic mass is 16.5. The van der Waals surface area contributed by atoms with Crippen LogP contribution in [0.25, 0.3) is 0 Å². The molecule has 1 amide bonds. The van der Waals surface area contributed by atoms with Crippen molar-refractivity contribution in [1.82, 2.24) is 0 Å². The molecule has 168 valence electrons. The molecule has 0 radical (unpaired) electrons. The number of quaternary nitrogens is 2. The van der Waals surface area contributed by atoms with Gasteiger partial charge in [-0.3, -0.25) is 4.79 Å². The first kappa shape index (κ1) is 22.7. The Morgan fingerprint density at radius 3 is 2.13 bits per heavy atom. The summed E-state index contributed by atoms with van der Waals surface area (Å²) in [6.45, 7) is 5.32. The van der Waals surface area contributed by atoms with Crippen LogP contribution in [0.4, 0.5) is 5.69 Å². The SMILES string of the molecule is COc1ccc(NC(=O)C[NH+]2CC[NH+](Cc3ccc(OC)c(OC)c3)CC2)c(OC)c1. The van der Waals surface area contributed by atoms with E-state index in [0.29, 0.717) is 23.7 Å². The number of ether oxygens (including phenoxy) is 4. The number of benzene rings is 2. The summed E-state index contributed by atoms with van der Waals surface area (Å²) in [6.07, 6.45) is 0. The Kier molecular flexibility index (Phi) is 7.97. The van der Waals surface area contributed by atoms with Gasteiger partial charge in [-0.05, 0) is 30.3 Å². The minimum absolute atomic E-state index is 0.0122. The molecule has 2 aromatic rings. The number of amides is 1. The monoisotopic (exact) mass is 431 g/mol. The molecular weight excluding hydrogens is 398 g/mol. The summed E-state index contributed by atoms with van der Waals surface area (Å²) in [5.74, 6) is 2.77. The fourth-order valence-electron chi connectivity index (χ4n) is 3.91. The molecule has 0 saturated carbocycles. The predicted molar refractivity (Wildman–Crippen MR) is 118 cm³/mol. The zero-order valence-electron chi connectivity index (χ0n) is 18.7. The van der Waals surface area contributed by atoms with E-state index in [1.807, 2.05) is 12.1 Å². The summed E-state index contributed by atoms with van der Waals surface area (Å²) in [7, 11) is 6.48. The van der Waals surface area contributed by atoms with Crippen LogP contribution >= 0.6 is 0 Å². The largest absolute Gasteiger partial charge is 0.497 e. The van der Waals surface area contributed by atoms with Crippen molar-refractivity contribution >= 4 is 11.6 Å². The van der Waals surface area contributed by atoms with Gasteiger partial charge < -0.3 is 34.1 Å². The van der Waals surface area contributed by atoms with E-state index in [4.69, 9.17) is 18.9 Å². The van der Waals surface area contributed by atoms with E-state index in [1.165, 1.54) is 15.4 Å². The standard InChI is InChI=1S/C23H31N3O5/c1-28-18-6-7-19(21(14-18)30-3)24-23(27)16-26-11-9-25(10-12-26)15-17-5-8-20(29-2)22(13-17)31-4/h5-8,13-14H,9-12,15-16H2,1-4H3,(H,24,27)/p+2. The predicted octanol–water partition coefficient (Wildman–Crippen LogP) is -0.357. The number of nitrogens with one attached hydrogen (secondary N) is 3. The summed E-state index contributed by atoms with van der Waals surface area (Å²) in [5.41, 5.74) is 1.88. The third kappa shape index (κ3) is 6.02. The highest BCUT2D eigenvalue weighted by Crippen LogP contribution is 2.29. The third-order valence-electron chi connectivity index (χ3n) is 5.66. The first-order chi connectivity index (χ1) is 15.1. The molecule has 0 aromatic heterocycles. The van der Waals surface area contributed by atoms with Crippen LogP contribution in [0.15, 0.2) is 36.4 Å². The molecule has 1 saturated heterocycles. The molecule has 0 spiro atoms. The number of methoxy groups -OCH3 is 4. The zero-order valence-corrected chi connectivity index (χ0v) is 18.7. The third-order valence-corrected chi connectivity index (χ3v) is 5.66. The van der Waals surface area contributed by atoms with Gasteiger partial charge in [0.25, 0.3) is 5.91 Å². The van der Waals surface area contributed by atoms with E-state index in [-0.39, 0.29) is 5.91 Å². The number of carbonyl (C=O) groups excluding carboxylic acids is 1. The fraction of sp³-hybridized carbons (Fsp3) is 0.435. The van der Waals surface area contributed by atoms with E-state index in [1.54, 1.807) is 46.6 Å². The molecule has 8 heteroatoms. The summed E-state index contributed by atoms with van der Waals surface area (Å²) >= 11 is 0. The second-order valence-corrected chi connectivity index (χ2v) is 7.66. The van der Waals surface area contributed by atoms with Gasteiger partial charge in [0.1, 0.15) is 44.2 Å². The molecule has 0 unspecified atom stereocenters. The number of piperazine rings is 1. The van der Waals surface area contributed by atoms with Crippen LogP contribution in [0, 0.1) is 0 Å². The molecule has 3 N–H and O–H groups in total. The van der Waals surface area contributed by atoms with Gasteiger partial charge in [0, 0.05) is 11.6 Å². The van der Waals surface area contributed by atoms with Crippen LogP contribution in [0.1, 0.15) is 5.56 Å². The van der Waals surface area contributed by atoms with Gasteiger partial charge in [-0.2, -0.15) is 0 Å². The Balaban J connectivity index is 1.48. The van der Waals surface area contributed by atoms with Gasteiger partial charge >= 0.3 is 0 Å². The van der Waals surface area contributed by atoms with Gasteiger partial charge in [-0.15, -0.1) is 0 Å². The van der Waals surface area contributed by atoms with Crippen LogP contribution < -0.4 is 34.1 Å². The first-order valence-electron chi connectivity index (χ1n) is 10.5. The average molecular weight is 432 g/mol. The maximum atomic E-state index is 12.6. The Morgan fingerprint density at radius 2 is 1.48 bits per heavy atom. The lowest BCUT2D eigenvalue weighted by Gasteiger charge is -2.29. The minimum atomic E-state index is -0.0122. The van der Waals surface area contributed by atoms with E-state index >= 15 is 0 Å². The second-order valence-electron chi connectivity index (χ2n) is 7.66. The normalized spacial score (nSPS) is 18.2. The van der Waals surface area contributed by atoms with E-state index in [2.05, 4.69) is 11.4 Å². The van der Waals surface area contributed by atoms with Crippen molar-refractivity contribution < 1.29 is 33.5 Å². The number of hydrogen-bond donors (Lipinski definition) is 3. The molecular formula is C23H33N3O5+2. The van der Waals surface area contributed by atoms with Crippen molar-refractivity contribution in [3.8, 4) is 23.0 Å². The number of rotatable bonds is 9. The first-order valence-corrected chi connectivity index (χ1v) is 10.5. The molecule has 8 nitrogen and oxygen atoms in total. The Labute approximate surface area is 183 Å². The lowest BCUT2D eigenvalue weighted by Crippen LogP contribution is -3.28. The van der Waals surface area contributed by atoms with Gasteiger partial charge in [-0.1, -0.05) is 0 Å². The van der Waals surface area contributed by atoms with Crippen molar-refractivity contribution in [2.45, 2.75) is 6.54 Å². The van der Waals surface area contributed by atoms with Crippen LogP contribution in [-0.2, 0) is 11.3 Å². The van der Waals surface area contributed by atoms with E-state index in [9.17, 15) is 4.79 Å². The molecule has 3 rings (SSSR count). The smallest absolute Gasteiger partial charge is 0.279 e.